The summed E-state index contributed by atoms with van der Waals surface area (Å²) in [6.07, 6.45) is 0. The van der Waals surface area contributed by atoms with Crippen LogP contribution in [0, 0.1) is 5.82 Å². The molecule has 0 saturated heterocycles. The maximum atomic E-state index is 13.1. The Bertz CT molecular complexity index is 1050. The van der Waals surface area contributed by atoms with Gasteiger partial charge in [0.2, 0.25) is 0 Å². The van der Waals surface area contributed by atoms with Gasteiger partial charge in [-0.2, -0.15) is 0 Å². The molecule has 0 aliphatic carbocycles. The maximum Gasteiger partial charge on any atom is 0.325 e. The van der Waals surface area contributed by atoms with Crippen LogP contribution in [0.3, 0.4) is 0 Å². The standard InChI is InChI=1S/C18H15FN2O6S/c19-13-5-3-4-12(10-13)17(23)20-11-16(22)27-9-8-21-18(24)14-6-1-2-7-15(14)28(21,25)26/h1-7,10H,8-9,11H2,(H,20,23). The highest BCUT2D eigenvalue weighted by atomic mass is 32.2. The number of esters is 1. The van der Waals surface area contributed by atoms with Gasteiger partial charge in [0.1, 0.15) is 23.9 Å². The van der Waals surface area contributed by atoms with Crippen LogP contribution < -0.4 is 5.32 Å². The van der Waals surface area contributed by atoms with Crippen LogP contribution in [-0.4, -0.2) is 50.2 Å². The second kappa shape index (κ2) is 7.77. The predicted octanol–water partition coefficient (Wildman–Crippen LogP) is 0.943. The molecule has 0 atom stereocenters. The summed E-state index contributed by atoms with van der Waals surface area (Å²) in [5.74, 6) is -2.77. The summed E-state index contributed by atoms with van der Waals surface area (Å²) in [4.78, 5) is 35.7. The summed E-state index contributed by atoms with van der Waals surface area (Å²) in [5, 5.41) is 2.26. The van der Waals surface area contributed by atoms with Crippen molar-refractivity contribution < 1.29 is 31.9 Å². The molecule has 0 bridgehead atoms. The number of carbonyl (C=O) groups is 3. The molecular weight excluding hydrogens is 391 g/mol. The first-order valence-corrected chi connectivity index (χ1v) is 9.60. The van der Waals surface area contributed by atoms with Gasteiger partial charge in [-0.1, -0.05) is 18.2 Å². The molecule has 1 aliphatic rings. The van der Waals surface area contributed by atoms with Gasteiger partial charge in [-0.15, -0.1) is 0 Å². The zero-order valence-corrected chi connectivity index (χ0v) is 15.2. The number of carbonyl (C=O) groups excluding carboxylic acids is 3. The number of nitrogens with one attached hydrogen (secondary N) is 1. The Morgan fingerprint density at radius 1 is 1.11 bits per heavy atom. The van der Waals surface area contributed by atoms with Gasteiger partial charge < -0.3 is 10.1 Å². The third-order valence-electron chi connectivity index (χ3n) is 3.95. The van der Waals surface area contributed by atoms with Crippen LogP contribution in [-0.2, 0) is 19.6 Å². The molecular formula is C18H15FN2O6S. The van der Waals surface area contributed by atoms with Crippen molar-refractivity contribution in [1.29, 1.82) is 0 Å². The molecule has 1 N–H and O–H groups in total. The molecule has 10 heteroatoms. The SMILES string of the molecule is O=C(CNC(=O)c1cccc(F)c1)OCCN1C(=O)c2ccccc2S1(=O)=O. The molecule has 0 fully saturated rings. The van der Waals surface area contributed by atoms with Crippen LogP contribution in [0.4, 0.5) is 4.39 Å². The molecule has 1 aliphatic heterocycles. The number of benzene rings is 2. The van der Waals surface area contributed by atoms with E-state index in [1.165, 1.54) is 36.4 Å². The minimum Gasteiger partial charge on any atom is -0.462 e. The number of rotatable bonds is 6. The number of amides is 2. The van der Waals surface area contributed by atoms with E-state index in [9.17, 15) is 27.2 Å². The Balaban J connectivity index is 1.50. The van der Waals surface area contributed by atoms with E-state index < -0.39 is 40.2 Å². The van der Waals surface area contributed by atoms with Crippen molar-refractivity contribution in [2.45, 2.75) is 4.90 Å². The van der Waals surface area contributed by atoms with E-state index in [-0.39, 0.29) is 29.2 Å². The number of fused-ring (bicyclic) bond motifs is 1. The largest absolute Gasteiger partial charge is 0.462 e. The van der Waals surface area contributed by atoms with Crippen molar-refractivity contribution in [3.63, 3.8) is 0 Å². The quantitative estimate of drug-likeness (QED) is 0.715. The fourth-order valence-corrected chi connectivity index (χ4v) is 4.18. The van der Waals surface area contributed by atoms with Crippen molar-refractivity contribution in [1.82, 2.24) is 9.62 Å². The number of halogens is 1. The van der Waals surface area contributed by atoms with Crippen LogP contribution in [0.25, 0.3) is 0 Å². The van der Waals surface area contributed by atoms with Crippen molar-refractivity contribution in [2.75, 3.05) is 19.7 Å². The van der Waals surface area contributed by atoms with Gasteiger partial charge in [0.25, 0.3) is 21.8 Å². The monoisotopic (exact) mass is 406 g/mol. The first-order chi connectivity index (χ1) is 13.3. The second-order valence-electron chi connectivity index (χ2n) is 5.79. The highest BCUT2D eigenvalue weighted by Crippen LogP contribution is 2.29. The van der Waals surface area contributed by atoms with Gasteiger partial charge in [0.15, 0.2) is 0 Å². The summed E-state index contributed by atoms with van der Waals surface area (Å²) < 4.78 is 43.3. The molecule has 0 spiro atoms. The molecule has 3 rings (SSSR count). The third kappa shape index (κ3) is 3.86. The van der Waals surface area contributed by atoms with E-state index in [1.807, 2.05) is 0 Å². The van der Waals surface area contributed by atoms with Crippen molar-refractivity contribution >= 4 is 27.8 Å². The fraction of sp³-hybridized carbons (Fsp3) is 0.167. The van der Waals surface area contributed by atoms with Crippen LogP contribution in [0.15, 0.2) is 53.4 Å². The predicted molar refractivity (Wildman–Crippen MR) is 94.4 cm³/mol. The molecule has 28 heavy (non-hydrogen) atoms. The molecule has 146 valence electrons. The molecule has 0 saturated carbocycles. The average molecular weight is 406 g/mol. The number of hydrogen-bond donors (Lipinski definition) is 1. The molecule has 0 aromatic heterocycles. The van der Waals surface area contributed by atoms with Crippen molar-refractivity contribution in [3.8, 4) is 0 Å². The van der Waals surface area contributed by atoms with Gasteiger partial charge >= 0.3 is 5.97 Å². The van der Waals surface area contributed by atoms with Crippen molar-refractivity contribution in [3.05, 3.63) is 65.5 Å². The Kier molecular flexibility index (Phi) is 5.41. The second-order valence-corrected chi connectivity index (χ2v) is 7.62. The van der Waals surface area contributed by atoms with Gasteiger partial charge in [0, 0.05) is 5.56 Å². The van der Waals surface area contributed by atoms with E-state index in [2.05, 4.69) is 5.32 Å². The molecule has 1 heterocycles. The van der Waals surface area contributed by atoms with E-state index in [1.54, 1.807) is 6.07 Å². The van der Waals surface area contributed by atoms with Crippen LogP contribution in [0.2, 0.25) is 0 Å². The molecule has 2 aromatic carbocycles. The fourth-order valence-electron chi connectivity index (χ4n) is 2.63. The van der Waals surface area contributed by atoms with Gasteiger partial charge in [-0.25, -0.2) is 17.1 Å². The van der Waals surface area contributed by atoms with Gasteiger partial charge in [0.05, 0.1) is 12.1 Å². The first-order valence-electron chi connectivity index (χ1n) is 8.16. The number of nitrogens with zero attached hydrogens (tertiary/aromatic N) is 1. The first kappa shape index (κ1) is 19.5. The third-order valence-corrected chi connectivity index (χ3v) is 5.79. The summed E-state index contributed by atoms with van der Waals surface area (Å²) >= 11 is 0. The normalized spacial score (nSPS) is 14.5. The summed E-state index contributed by atoms with van der Waals surface area (Å²) in [6, 6.07) is 10.7. The van der Waals surface area contributed by atoms with E-state index in [4.69, 9.17) is 4.74 Å². The topological polar surface area (TPSA) is 110 Å². The Morgan fingerprint density at radius 2 is 1.86 bits per heavy atom. The minimum atomic E-state index is -3.97. The zero-order valence-electron chi connectivity index (χ0n) is 14.4. The van der Waals surface area contributed by atoms with E-state index >= 15 is 0 Å². The lowest BCUT2D eigenvalue weighted by Crippen LogP contribution is -2.35. The molecule has 0 radical (unpaired) electrons. The highest BCUT2D eigenvalue weighted by molar-refractivity contribution is 7.90. The van der Waals surface area contributed by atoms with Crippen molar-refractivity contribution in [2.24, 2.45) is 0 Å². The lowest BCUT2D eigenvalue weighted by atomic mass is 10.2. The highest BCUT2D eigenvalue weighted by Gasteiger charge is 2.40. The van der Waals surface area contributed by atoms with Gasteiger partial charge in [-0.05, 0) is 30.3 Å². The van der Waals surface area contributed by atoms with E-state index in [0.717, 1.165) is 6.07 Å². The van der Waals surface area contributed by atoms with Crippen LogP contribution >= 0.6 is 0 Å². The van der Waals surface area contributed by atoms with Gasteiger partial charge in [-0.3, -0.25) is 14.4 Å². The van der Waals surface area contributed by atoms with Crippen LogP contribution in [0.5, 0.6) is 0 Å². The average Bonchev–Trinajstić information content (AvgIpc) is 2.87. The smallest absolute Gasteiger partial charge is 0.325 e. The summed E-state index contributed by atoms with van der Waals surface area (Å²) in [7, 11) is -3.97. The minimum absolute atomic E-state index is 0.0410. The number of hydrogen-bond acceptors (Lipinski definition) is 6. The lowest BCUT2D eigenvalue weighted by Gasteiger charge is -2.15. The molecule has 8 nitrogen and oxygen atoms in total. The number of ether oxygens (including phenoxy) is 1. The number of sulfonamides is 1. The lowest BCUT2D eigenvalue weighted by molar-refractivity contribution is -0.142. The maximum absolute atomic E-state index is 13.1. The van der Waals surface area contributed by atoms with E-state index in [0.29, 0.717) is 4.31 Å². The summed E-state index contributed by atoms with van der Waals surface area (Å²) in [6.45, 7) is -1.21. The molecule has 0 unspecified atom stereocenters. The Morgan fingerprint density at radius 3 is 2.57 bits per heavy atom. The molecule has 2 amide bonds. The Hall–Kier alpha value is -3.27. The molecule has 2 aromatic rings. The summed E-state index contributed by atoms with van der Waals surface area (Å²) in [5.41, 5.74) is 0.107. The zero-order chi connectivity index (χ0) is 20.3. The Labute approximate surface area is 160 Å². The van der Waals surface area contributed by atoms with Crippen LogP contribution in [0.1, 0.15) is 20.7 Å².